The quantitative estimate of drug-likeness (QED) is 0.858. The first-order chi connectivity index (χ1) is 9.28. The Morgan fingerprint density at radius 3 is 2.50 bits per heavy atom. The minimum Gasteiger partial charge on any atom is -0.373 e. The molecule has 0 radical (unpaired) electrons. The fourth-order valence-corrected chi connectivity index (χ4v) is 2.79. The van der Waals surface area contributed by atoms with Gasteiger partial charge >= 0.3 is 6.18 Å². The van der Waals surface area contributed by atoms with Crippen molar-refractivity contribution in [2.75, 3.05) is 13.7 Å². The van der Waals surface area contributed by atoms with Crippen LogP contribution in [0.5, 0.6) is 0 Å². The van der Waals surface area contributed by atoms with E-state index in [0.29, 0.717) is 12.2 Å². The van der Waals surface area contributed by atoms with Crippen LogP contribution < -0.4 is 5.32 Å². The highest BCUT2D eigenvalue weighted by atomic mass is 19.4. The Morgan fingerprint density at radius 1 is 1.35 bits per heavy atom. The maximum Gasteiger partial charge on any atom is 0.419 e. The minimum atomic E-state index is -4.68. The van der Waals surface area contributed by atoms with Gasteiger partial charge < -0.3 is 10.1 Å². The number of ether oxygens (including phenoxy) is 1. The molecule has 20 heavy (non-hydrogen) atoms. The fraction of sp³-hybridized carbons (Fsp3) is 0.571. The first kappa shape index (κ1) is 15.3. The second-order valence-electron chi connectivity index (χ2n) is 5.22. The first-order valence-corrected chi connectivity index (χ1v) is 6.46. The van der Waals surface area contributed by atoms with E-state index in [1.807, 2.05) is 6.92 Å². The topological polar surface area (TPSA) is 21.3 Å². The number of halogens is 4. The van der Waals surface area contributed by atoms with Gasteiger partial charge in [-0.15, -0.1) is 0 Å². The lowest BCUT2D eigenvalue weighted by Crippen LogP contribution is -2.39. The predicted molar refractivity (Wildman–Crippen MR) is 66.8 cm³/mol. The van der Waals surface area contributed by atoms with Crippen LogP contribution in [0.15, 0.2) is 18.2 Å². The average Bonchev–Trinajstić information content (AvgIpc) is 2.76. The Bertz CT molecular complexity index is 481. The van der Waals surface area contributed by atoms with Gasteiger partial charge in [0.1, 0.15) is 5.82 Å². The third kappa shape index (κ3) is 2.81. The Balaban J connectivity index is 2.34. The molecule has 1 fully saturated rings. The summed E-state index contributed by atoms with van der Waals surface area (Å²) in [5, 5.41) is 3.01. The average molecular weight is 291 g/mol. The zero-order valence-electron chi connectivity index (χ0n) is 11.4. The van der Waals surface area contributed by atoms with E-state index in [1.54, 1.807) is 7.05 Å². The zero-order chi connectivity index (χ0) is 15.0. The second-order valence-corrected chi connectivity index (χ2v) is 5.22. The number of hydrogen-bond donors (Lipinski definition) is 1. The second kappa shape index (κ2) is 5.33. The molecule has 0 amide bonds. The number of alkyl halides is 3. The van der Waals surface area contributed by atoms with E-state index < -0.39 is 23.2 Å². The zero-order valence-corrected chi connectivity index (χ0v) is 11.4. The lowest BCUT2D eigenvalue weighted by molar-refractivity contribution is -0.140. The van der Waals surface area contributed by atoms with Crippen molar-refractivity contribution in [3.63, 3.8) is 0 Å². The molecule has 1 aliphatic heterocycles. The van der Waals surface area contributed by atoms with E-state index in [0.717, 1.165) is 25.0 Å². The molecule has 1 aromatic carbocycles. The van der Waals surface area contributed by atoms with Gasteiger partial charge in [0.2, 0.25) is 0 Å². The van der Waals surface area contributed by atoms with Crippen LogP contribution in [0, 0.1) is 5.82 Å². The summed E-state index contributed by atoms with van der Waals surface area (Å²) in [7, 11) is 1.69. The smallest absolute Gasteiger partial charge is 0.373 e. The third-order valence-corrected chi connectivity index (χ3v) is 3.78. The highest BCUT2D eigenvalue weighted by Crippen LogP contribution is 2.39. The molecule has 0 bridgehead atoms. The highest BCUT2D eigenvalue weighted by Gasteiger charge is 2.40. The van der Waals surface area contributed by atoms with Gasteiger partial charge in [0.05, 0.1) is 17.2 Å². The predicted octanol–water partition coefficient (Wildman–Crippen LogP) is 3.67. The molecule has 2 nitrogen and oxygen atoms in total. The molecule has 1 saturated heterocycles. The Kier molecular flexibility index (Phi) is 4.07. The van der Waals surface area contributed by atoms with Crippen molar-refractivity contribution < 1.29 is 22.3 Å². The lowest BCUT2D eigenvalue weighted by atomic mass is 9.87. The van der Waals surface area contributed by atoms with Crippen LogP contribution in [-0.4, -0.2) is 19.3 Å². The van der Waals surface area contributed by atoms with E-state index >= 15 is 0 Å². The van der Waals surface area contributed by atoms with Crippen molar-refractivity contribution in [3.05, 3.63) is 35.1 Å². The van der Waals surface area contributed by atoms with Crippen LogP contribution in [0.25, 0.3) is 0 Å². The normalized spacial score (nSPS) is 24.9. The highest BCUT2D eigenvalue weighted by molar-refractivity contribution is 5.30. The molecule has 1 heterocycles. The Hall–Kier alpha value is -1.14. The fourth-order valence-electron chi connectivity index (χ4n) is 2.79. The molecular formula is C14H17F4NO. The van der Waals surface area contributed by atoms with Gasteiger partial charge in [-0.05, 0) is 44.5 Å². The SMILES string of the molecule is CNC(c1ccc(C(F)(F)F)c(F)c1)C1(C)CCCO1. The van der Waals surface area contributed by atoms with Gasteiger partial charge in [-0.3, -0.25) is 0 Å². The summed E-state index contributed by atoms with van der Waals surface area (Å²) in [6.07, 6.45) is -3.01. The summed E-state index contributed by atoms with van der Waals surface area (Å²) in [4.78, 5) is 0. The molecule has 0 aromatic heterocycles. The third-order valence-electron chi connectivity index (χ3n) is 3.78. The van der Waals surface area contributed by atoms with Crippen LogP contribution in [0.4, 0.5) is 17.6 Å². The van der Waals surface area contributed by atoms with Crippen LogP contribution >= 0.6 is 0 Å². The summed E-state index contributed by atoms with van der Waals surface area (Å²) >= 11 is 0. The molecule has 1 aromatic rings. The number of nitrogens with one attached hydrogen (secondary N) is 1. The van der Waals surface area contributed by atoms with Crippen molar-refractivity contribution in [1.82, 2.24) is 5.32 Å². The molecule has 0 saturated carbocycles. The Morgan fingerprint density at radius 2 is 2.05 bits per heavy atom. The van der Waals surface area contributed by atoms with E-state index in [9.17, 15) is 17.6 Å². The van der Waals surface area contributed by atoms with Crippen molar-refractivity contribution in [2.24, 2.45) is 0 Å². The van der Waals surface area contributed by atoms with Gasteiger partial charge in [0.25, 0.3) is 0 Å². The Labute approximate surface area is 115 Å². The number of hydrogen-bond acceptors (Lipinski definition) is 2. The largest absolute Gasteiger partial charge is 0.419 e. The van der Waals surface area contributed by atoms with Crippen LogP contribution in [0.2, 0.25) is 0 Å². The number of rotatable bonds is 3. The minimum absolute atomic E-state index is 0.346. The monoisotopic (exact) mass is 291 g/mol. The van der Waals surface area contributed by atoms with Gasteiger partial charge in [0.15, 0.2) is 0 Å². The molecule has 2 unspecified atom stereocenters. The van der Waals surface area contributed by atoms with Gasteiger partial charge in [-0.2, -0.15) is 13.2 Å². The molecule has 1 aliphatic rings. The molecule has 0 aliphatic carbocycles. The standard InChI is InChI=1S/C14H17F4NO/c1-13(6-3-7-20-13)12(19-2)9-4-5-10(11(15)8-9)14(16,17)18/h4-5,8,12,19H,3,6-7H2,1-2H3. The molecule has 2 atom stereocenters. The maximum atomic E-state index is 13.7. The first-order valence-electron chi connectivity index (χ1n) is 6.46. The molecule has 2 rings (SSSR count). The van der Waals surface area contributed by atoms with E-state index in [2.05, 4.69) is 5.32 Å². The summed E-state index contributed by atoms with van der Waals surface area (Å²) < 4.78 is 57.0. The number of benzene rings is 1. The summed E-state index contributed by atoms with van der Waals surface area (Å²) in [6, 6.07) is 2.69. The van der Waals surface area contributed by atoms with Gasteiger partial charge in [-0.1, -0.05) is 6.07 Å². The van der Waals surface area contributed by atoms with Crippen molar-refractivity contribution in [3.8, 4) is 0 Å². The molecule has 6 heteroatoms. The van der Waals surface area contributed by atoms with Gasteiger partial charge in [-0.25, -0.2) is 4.39 Å². The van der Waals surface area contributed by atoms with E-state index in [-0.39, 0.29) is 6.04 Å². The van der Waals surface area contributed by atoms with E-state index in [1.165, 1.54) is 6.07 Å². The van der Waals surface area contributed by atoms with Crippen LogP contribution in [0.3, 0.4) is 0 Å². The van der Waals surface area contributed by atoms with Crippen LogP contribution in [-0.2, 0) is 10.9 Å². The van der Waals surface area contributed by atoms with Gasteiger partial charge in [0, 0.05) is 6.61 Å². The van der Waals surface area contributed by atoms with Crippen molar-refractivity contribution in [2.45, 2.75) is 37.6 Å². The molecular weight excluding hydrogens is 274 g/mol. The number of likely N-dealkylation sites (N-methyl/N-ethyl adjacent to an activating group) is 1. The van der Waals surface area contributed by atoms with Crippen LogP contribution in [0.1, 0.15) is 36.9 Å². The van der Waals surface area contributed by atoms with Crippen molar-refractivity contribution >= 4 is 0 Å². The van der Waals surface area contributed by atoms with E-state index in [4.69, 9.17) is 4.74 Å². The summed E-state index contributed by atoms with van der Waals surface area (Å²) in [6.45, 7) is 2.49. The maximum absolute atomic E-state index is 13.7. The molecule has 112 valence electrons. The molecule has 1 N–H and O–H groups in total. The molecule has 0 spiro atoms. The summed E-state index contributed by atoms with van der Waals surface area (Å²) in [5.41, 5.74) is -1.31. The summed E-state index contributed by atoms with van der Waals surface area (Å²) in [5.74, 6) is -1.25. The lowest BCUT2D eigenvalue weighted by Gasteiger charge is -2.33. The van der Waals surface area contributed by atoms with Crippen molar-refractivity contribution in [1.29, 1.82) is 0 Å².